The van der Waals surface area contributed by atoms with Crippen LogP contribution in [0.15, 0.2) is 12.3 Å². The Morgan fingerprint density at radius 3 is 2.64 bits per heavy atom. The van der Waals surface area contributed by atoms with Gasteiger partial charge in [0.1, 0.15) is 11.8 Å². The number of aromatic carboxylic acids is 1. The molecule has 0 amide bonds. The van der Waals surface area contributed by atoms with Gasteiger partial charge in [-0.1, -0.05) is 15.9 Å². The van der Waals surface area contributed by atoms with Crippen molar-refractivity contribution in [1.29, 1.82) is 0 Å². The fourth-order valence-corrected chi connectivity index (χ4v) is 1.37. The predicted molar refractivity (Wildman–Crippen MR) is 52.5 cm³/mol. The summed E-state index contributed by atoms with van der Waals surface area (Å²) in [4.78, 5) is 13.0. The van der Waals surface area contributed by atoms with Crippen LogP contribution >= 0.6 is 15.9 Å². The zero-order valence-electron chi connectivity index (χ0n) is 7.14. The van der Waals surface area contributed by atoms with Gasteiger partial charge in [0.2, 0.25) is 0 Å². The lowest BCUT2D eigenvalue weighted by Gasteiger charge is -2.13. The van der Waals surface area contributed by atoms with Crippen LogP contribution in [0.3, 0.4) is 0 Å². The number of hydrogen-bond acceptors (Lipinski definition) is 3. The first-order valence-corrected chi connectivity index (χ1v) is 5.02. The van der Waals surface area contributed by atoms with Crippen LogP contribution in [0.1, 0.15) is 22.2 Å². The second-order valence-corrected chi connectivity index (χ2v) is 3.47. The van der Waals surface area contributed by atoms with Crippen LogP contribution in [0.5, 0.6) is 0 Å². The number of rotatable bonds is 4. The molecule has 0 aliphatic rings. The molecule has 5 nitrogen and oxygen atoms in total. The van der Waals surface area contributed by atoms with Crippen molar-refractivity contribution >= 4 is 21.9 Å². The number of H-pyrrole nitrogens is 1. The molecular formula is C8H10BrNO4. The summed E-state index contributed by atoms with van der Waals surface area (Å²) >= 11 is 3.01. The van der Waals surface area contributed by atoms with E-state index in [0.717, 1.165) is 0 Å². The number of aromatic nitrogens is 1. The summed E-state index contributed by atoms with van der Waals surface area (Å²) in [7, 11) is 0. The van der Waals surface area contributed by atoms with Crippen LogP contribution in [0, 0.1) is 0 Å². The van der Waals surface area contributed by atoms with Crippen molar-refractivity contribution in [3.63, 3.8) is 0 Å². The Hall–Kier alpha value is -0.850. The Morgan fingerprint density at radius 2 is 2.21 bits per heavy atom. The topological polar surface area (TPSA) is 93.6 Å². The largest absolute Gasteiger partial charge is 0.477 e. The van der Waals surface area contributed by atoms with Gasteiger partial charge in [0.05, 0.1) is 6.10 Å². The van der Waals surface area contributed by atoms with E-state index < -0.39 is 18.2 Å². The van der Waals surface area contributed by atoms with Crippen LogP contribution in [0.4, 0.5) is 0 Å². The quantitative estimate of drug-likeness (QED) is 0.596. The van der Waals surface area contributed by atoms with Crippen LogP contribution in [-0.2, 0) is 0 Å². The Labute approximate surface area is 88.5 Å². The average Bonchev–Trinajstić information content (AvgIpc) is 2.64. The molecule has 0 aromatic carbocycles. The maximum absolute atomic E-state index is 10.5. The van der Waals surface area contributed by atoms with Crippen molar-refractivity contribution in [2.45, 2.75) is 12.2 Å². The molecule has 1 aromatic rings. The van der Waals surface area contributed by atoms with Gasteiger partial charge in [-0.15, -0.1) is 0 Å². The third-order valence-corrected chi connectivity index (χ3v) is 2.46. The minimum atomic E-state index is -1.10. The highest BCUT2D eigenvalue weighted by Gasteiger charge is 2.19. The summed E-state index contributed by atoms with van der Waals surface area (Å²) in [5, 5.41) is 27.6. The molecule has 0 saturated heterocycles. The van der Waals surface area contributed by atoms with E-state index >= 15 is 0 Å². The van der Waals surface area contributed by atoms with E-state index in [0.29, 0.717) is 5.56 Å². The molecule has 14 heavy (non-hydrogen) atoms. The lowest BCUT2D eigenvalue weighted by molar-refractivity contribution is 0.0343. The molecule has 1 heterocycles. The van der Waals surface area contributed by atoms with Crippen LogP contribution in [-0.4, -0.2) is 37.7 Å². The third kappa shape index (κ3) is 2.34. The molecule has 0 aliphatic heterocycles. The van der Waals surface area contributed by atoms with Gasteiger partial charge in [-0.05, 0) is 6.07 Å². The van der Waals surface area contributed by atoms with Gasteiger partial charge in [0, 0.05) is 17.1 Å². The molecule has 4 N–H and O–H groups in total. The van der Waals surface area contributed by atoms with Gasteiger partial charge in [0.25, 0.3) is 0 Å². The average molecular weight is 264 g/mol. The van der Waals surface area contributed by atoms with Crippen molar-refractivity contribution < 1.29 is 20.1 Å². The fourth-order valence-electron chi connectivity index (χ4n) is 1.01. The van der Waals surface area contributed by atoms with E-state index in [1.54, 1.807) is 0 Å². The first kappa shape index (κ1) is 11.2. The smallest absolute Gasteiger partial charge is 0.352 e. The molecule has 0 radical (unpaired) electrons. The van der Waals surface area contributed by atoms with Gasteiger partial charge in [-0.3, -0.25) is 0 Å². The standard InChI is InChI=1S/C8H10BrNO4/c9-2-6(11)7(12)4-1-5(8(13)14)10-3-4/h1,3,6-7,10-12H,2H2,(H,13,14). The van der Waals surface area contributed by atoms with Gasteiger partial charge in [0.15, 0.2) is 0 Å². The number of halogens is 1. The molecule has 0 fully saturated rings. The number of hydrogen-bond donors (Lipinski definition) is 4. The fraction of sp³-hybridized carbons (Fsp3) is 0.375. The van der Waals surface area contributed by atoms with Gasteiger partial charge in [-0.2, -0.15) is 0 Å². The number of alkyl halides is 1. The lowest BCUT2D eigenvalue weighted by atomic mass is 10.1. The first-order chi connectivity index (χ1) is 6.56. The van der Waals surface area contributed by atoms with E-state index in [-0.39, 0.29) is 11.0 Å². The number of aliphatic hydroxyl groups is 2. The number of aliphatic hydroxyl groups excluding tert-OH is 2. The summed E-state index contributed by atoms with van der Waals surface area (Å²) in [5.41, 5.74) is 0.343. The van der Waals surface area contributed by atoms with Crippen LogP contribution in [0.2, 0.25) is 0 Å². The molecule has 0 aliphatic carbocycles. The number of carboxylic acid groups (broad SMARTS) is 1. The van der Waals surface area contributed by atoms with Crippen molar-refractivity contribution in [3.8, 4) is 0 Å². The Kier molecular flexibility index (Phi) is 3.68. The Balaban J connectivity index is 2.81. The second-order valence-electron chi connectivity index (χ2n) is 2.82. The van der Waals surface area contributed by atoms with E-state index in [4.69, 9.17) is 5.11 Å². The normalized spacial score (nSPS) is 15.1. The lowest BCUT2D eigenvalue weighted by Crippen LogP contribution is -2.18. The molecule has 2 atom stereocenters. The molecule has 0 bridgehead atoms. The zero-order chi connectivity index (χ0) is 10.7. The minimum absolute atomic E-state index is 0.0131. The molecule has 78 valence electrons. The maximum atomic E-state index is 10.5. The highest BCUT2D eigenvalue weighted by atomic mass is 79.9. The highest BCUT2D eigenvalue weighted by molar-refractivity contribution is 9.09. The number of nitrogens with one attached hydrogen (secondary N) is 1. The SMILES string of the molecule is O=C(O)c1cc(C(O)C(O)CBr)c[nH]1. The van der Waals surface area contributed by atoms with E-state index in [2.05, 4.69) is 20.9 Å². The Morgan fingerprint density at radius 1 is 1.57 bits per heavy atom. The zero-order valence-corrected chi connectivity index (χ0v) is 8.73. The summed E-state index contributed by atoms with van der Waals surface area (Å²) in [6.07, 6.45) is -0.675. The van der Waals surface area contributed by atoms with Crippen molar-refractivity contribution in [1.82, 2.24) is 4.98 Å². The van der Waals surface area contributed by atoms with E-state index in [9.17, 15) is 15.0 Å². The summed E-state index contributed by atoms with van der Waals surface area (Å²) < 4.78 is 0. The summed E-state index contributed by atoms with van der Waals surface area (Å²) in [6, 6.07) is 1.29. The minimum Gasteiger partial charge on any atom is -0.477 e. The number of aromatic amines is 1. The van der Waals surface area contributed by atoms with Gasteiger partial charge in [-0.25, -0.2) is 4.79 Å². The van der Waals surface area contributed by atoms with Crippen molar-refractivity contribution in [2.75, 3.05) is 5.33 Å². The molecular weight excluding hydrogens is 254 g/mol. The molecule has 6 heteroatoms. The van der Waals surface area contributed by atoms with E-state index in [1.165, 1.54) is 12.3 Å². The van der Waals surface area contributed by atoms with Crippen molar-refractivity contribution in [2.24, 2.45) is 0 Å². The number of carboxylic acids is 1. The summed E-state index contributed by atoms with van der Waals surface area (Å²) in [6.45, 7) is 0. The molecule has 1 rings (SSSR count). The highest BCUT2D eigenvalue weighted by Crippen LogP contribution is 2.18. The van der Waals surface area contributed by atoms with Gasteiger partial charge >= 0.3 is 5.97 Å². The predicted octanol–water partition coefficient (Wildman–Crippen LogP) is 0.502. The summed E-state index contributed by atoms with van der Waals surface area (Å²) in [5.74, 6) is -1.10. The monoisotopic (exact) mass is 263 g/mol. The van der Waals surface area contributed by atoms with Crippen LogP contribution in [0.25, 0.3) is 0 Å². The molecule has 0 spiro atoms. The number of carbonyl (C=O) groups is 1. The molecule has 2 unspecified atom stereocenters. The van der Waals surface area contributed by atoms with E-state index in [1.807, 2.05) is 0 Å². The first-order valence-electron chi connectivity index (χ1n) is 3.90. The molecule has 1 aromatic heterocycles. The molecule has 0 saturated carbocycles. The Bertz CT molecular complexity index is 325. The second kappa shape index (κ2) is 4.59. The third-order valence-electron chi connectivity index (χ3n) is 1.80. The maximum Gasteiger partial charge on any atom is 0.352 e. The van der Waals surface area contributed by atoms with Gasteiger partial charge < -0.3 is 20.3 Å². The van der Waals surface area contributed by atoms with Crippen molar-refractivity contribution in [3.05, 3.63) is 23.5 Å². The van der Waals surface area contributed by atoms with Crippen LogP contribution < -0.4 is 0 Å².